The van der Waals surface area contributed by atoms with Crippen molar-refractivity contribution in [3.05, 3.63) is 0 Å². The molecule has 1 atom stereocenters. The zero-order valence-electron chi connectivity index (χ0n) is 8.16. The summed E-state index contributed by atoms with van der Waals surface area (Å²) in [5.74, 6) is 0. The number of sulfonamides is 1. The molecule has 0 rings (SSSR count). The molecule has 0 aromatic carbocycles. The Hall–Kier alpha value is -0.130. The molecule has 0 saturated carbocycles. The van der Waals surface area contributed by atoms with Gasteiger partial charge in [0.15, 0.2) is 0 Å². The maximum Gasteiger partial charge on any atom is 0.217 e. The average Bonchev–Trinajstić information content (AvgIpc) is 1.99. The molecule has 0 heterocycles. The zero-order valence-corrected chi connectivity index (χ0v) is 8.98. The first-order valence-corrected chi connectivity index (χ1v) is 5.55. The Labute approximate surface area is 75.0 Å². The Morgan fingerprint density at radius 2 is 1.92 bits per heavy atom. The molecule has 1 N–H and O–H groups in total. The van der Waals surface area contributed by atoms with Gasteiger partial charge in [-0.3, -0.25) is 0 Å². The Morgan fingerprint density at radius 1 is 1.42 bits per heavy atom. The molecule has 1 unspecified atom stereocenters. The fraction of sp³-hybridized carbons (Fsp3) is 1.00. The van der Waals surface area contributed by atoms with Gasteiger partial charge in [-0.1, -0.05) is 6.92 Å². The van der Waals surface area contributed by atoms with Gasteiger partial charge >= 0.3 is 0 Å². The Morgan fingerprint density at radius 3 is 2.25 bits per heavy atom. The predicted molar refractivity (Wildman–Crippen MR) is 50.6 cm³/mol. The van der Waals surface area contributed by atoms with Gasteiger partial charge in [-0.2, -0.15) is 0 Å². The highest BCUT2D eigenvalue weighted by Gasteiger charge is 2.22. The fourth-order valence-corrected chi connectivity index (χ4v) is 1.86. The molecule has 0 bridgehead atoms. The molecule has 0 aliphatic heterocycles. The van der Waals surface area contributed by atoms with Crippen LogP contribution in [0.2, 0.25) is 0 Å². The summed E-state index contributed by atoms with van der Waals surface area (Å²) in [6.45, 7) is 4.97. The third-order valence-corrected chi connectivity index (χ3v) is 3.90. The Kier molecular flexibility index (Phi) is 4.74. The highest BCUT2D eigenvalue weighted by atomic mass is 32.2. The number of nitrogens with zero attached hydrogens (tertiary/aromatic N) is 1. The van der Waals surface area contributed by atoms with Crippen molar-refractivity contribution in [1.29, 1.82) is 0 Å². The van der Waals surface area contributed by atoms with E-state index >= 15 is 0 Å². The van der Waals surface area contributed by atoms with Gasteiger partial charge in [-0.15, -0.1) is 0 Å². The lowest BCUT2D eigenvalue weighted by Gasteiger charge is -2.17. The second-order valence-electron chi connectivity index (χ2n) is 2.95. The largest absolute Gasteiger partial charge is 0.316 e. The summed E-state index contributed by atoms with van der Waals surface area (Å²) in [7, 11) is 0.0284. The van der Waals surface area contributed by atoms with Crippen molar-refractivity contribution in [2.45, 2.75) is 19.1 Å². The van der Waals surface area contributed by atoms with Crippen LogP contribution in [-0.4, -0.2) is 45.2 Å². The van der Waals surface area contributed by atoms with Crippen molar-refractivity contribution in [3.63, 3.8) is 0 Å². The van der Waals surface area contributed by atoms with Crippen molar-refractivity contribution in [2.75, 3.05) is 27.2 Å². The molecular weight excluding hydrogens is 176 g/mol. The van der Waals surface area contributed by atoms with E-state index in [0.29, 0.717) is 6.54 Å². The minimum atomic E-state index is -3.08. The summed E-state index contributed by atoms with van der Waals surface area (Å²) in [4.78, 5) is 0. The third-order valence-electron chi connectivity index (χ3n) is 1.70. The SMILES string of the molecule is CCNCC(C)S(=O)(=O)N(C)C. The molecule has 12 heavy (non-hydrogen) atoms. The first-order chi connectivity index (χ1) is 5.42. The summed E-state index contributed by atoms with van der Waals surface area (Å²) in [5.41, 5.74) is 0. The smallest absolute Gasteiger partial charge is 0.217 e. The van der Waals surface area contributed by atoms with Crippen LogP contribution in [0.4, 0.5) is 0 Å². The number of nitrogens with one attached hydrogen (secondary N) is 1. The maximum atomic E-state index is 11.4. The monoisotopic (exact) mass is 194 g/mol. The van der Waals surface area contributed by atoms with E-state index in [4.69, 9.17) is 0 Å². The Bertz CT molecular complexity index is 211. The van der Waals surface area contributed by atoms with Gasteiger partial charge in [-0.25, -0.2) is 12.7 Å². The minimum absolute atomic E-state index is 0.354. The first-order valence-electron chi connectivity index (χ1n) is 4.05. The van der Waals surface area contributed by atoms with Crippen molar-refractivity contribution < 1.29 is 8.42 Å². The third kappa shape index (κ3) is 3.08. The molecular formula is C7H18N2O2S. The second-order valence-corrected chi connectivity index (χ2v) is 5.51. The van der Waals surface area contributed by atoms with Crippen molar-refractivity contribution in [1.82, 2.24) is 9.62 Å². The standard InChI is InChI=1S/C7H18N2O2S/c1-5-8-6-7(2)12(10,11)9(3)4/h7-8H,5-6H2,1-4H3. The average molecular weight is 194 g/mol. The van der Waals surface area contributed by atoms with Crippen LogP contribution in [0.3, 0.4) is 0 Å². The fourth-order valence-electron chi connectivity index (χ4n) is 0.813. The summed E-state index contributed by atoms with van der Waals surface area (Å²) in [5, 5.41) is 2.65. The van der Waals surface area contributed by atoms with Gasteiger partial charge in [-0.05, 0) is 13.5 Å². The van der Waals surface area contributed by atoms with E-state index in [2.05, 4.69) is 5.32 Å². The summed E-state index contributed by atoms with van der Waals surface area (Å²) >= 11 is 0. The van der Waals surface area contributed by atoms with Crippen LogP contribution in [0.5, 0.6) is 0 Å². The van der Waals surface area contributed by atoms with Gasteiger partial charge < -0.3 is 5.32 Å². The van der Waals surface area contributed by atoms with Crippen LogP contribution in [0.1, 0.15) is 13.8 Å². The van der Waals surface area contributed by atoms with E-state index in [1.807, 2.05) is 6.92 Å². The lowest BCUT2D eigenvalue weighted by molar-refractivity contribution is 0.503. The second kappa shape index (κ2) is 4.79. The molecule has 0 spiro atoms. The van der Waals surface area contributed by atoms with E-state index in [-0.39, 0.29) is 5.25 Å². The van der Waals surface area contributed by atoms with E-state index in [1.165, 1.54) is 4.31 Å². The van der Waals surface area contributed by atoms with Gasteiger partial charge in [0.2, 0.25) is 10.0 Å². The number of hydrogen-bond acceptors (Lipinski definition) is 3. The van der Waals surface area contributed by atoms with Crippen LogP contribution in [0, 0.1) is 0 Å². The normalized spacial score (nSPS) is 15.1. The lowest BCUT2D eigenvalue weighted by Crippen LogP contribution is -2.38. The summed E-state index contributed by atoms with van der Waals surface area (Å²) in [6.07, 6.45) is 0. The van der Waals surface area contributed by atoms with Crippen LogP contribution >= 0.6 is 0 Å². The van der Waals surface area contributed by atoms with E-state index in [0.717, 1.165) is 6.54 Å². The van der Waals surface area contributed by atoms with Crippen LogP contribution in [-0.2, 0) is 10.0 Å². The summed E-state index contributed by atoms with van der Waals surface area (Å²) in [6, 6.07) is 0. The molecule has 0 radical (unpaired) electrons. The van der Waals surface area contributed by atoms with Crippen LogP contribution in [0.25, 0.3) is 0 Å². The van der Waals surface area contributed by atoms with Crippen LogP contribution < -0.4 is 5.32 Å². The number of rotatable bonds is 5. The molecule has 0 aliphatic rings. The maximum absolute atomic E-state index is 11.4. The molecule has 5 heteroatoms. The molecule has 0 amide bonds. The van der Waals surface area contributed by atoms with Crippen molar-refractivity contribution in [2.24, 2.45) is 0 Å². The quantitative estimate of drug-likeness (QED) is 0.663. The highest BCUT2D eigenvalue weighted by Crippen LogP contribution is 2.02. The van der Waals surface area contributed by atoms with Crippen molar-refractivity contribution >= 4 is 10.0 Å². The molecule has 0 aromatic heterocycles. The molecule has 0 fully saturated rings. The summed E-state index contributed by atoms with van der Waals surface area (Å²) < 4.78 is 24.1. The van der Waals surface area contributed by atoms with Crippen molar-refractivity contribution in [3.8, 4) is 0 Å². The lowest BCUT2D eigenvalue weighted by atomic mass is 10.5. The van der Waals surface area contributed by atoms with E-state index < -0.39 is 10.0 Å². The van der Waals surface area contributed by atoms with Gasteiger partial charge in [0, 0.05) is 20.6 Å². The van der Waals surface area contributed by atoms with Gasteiger partial charge in [0.05, 0.1) is 5.25 Å². The van der Waals surface area contributed by atoms with Gasteiger partial charge in [0.1, 0.15) is 0 Å². The predicted octanol–water partition coefficient (Wildman–Crippen LogP) is -0.124. The molecule has 0 aliphatic carbocycles. The molecule has 74 valence electrons. The molecule has 0 saturated heterocycles. The highest BCUT2D eigenvalue weighted by molar-refractivity contribution is 7.89. The van der Waals surface area contributed by atoms with Crippen LogP contribution in [0.15, 0.2) is 0 Å². The zero-order chi connectivity index (χ0) is 9.78. The first kappa shape index (κ1) is 11.9. The van der Waals surface area contributed by atoms with Gasteiger partial charge in [0.25, 0.3) is 0 Å². The molecule has 4 nitrogen and oxygen atoms in total. The molecule has 0 aromatic rings. The van der Waals surface area contributed by atoms with E-state index in [1.54, 1.807) is 21.0 Å². The minimum Gasteiger partial charge on any atom is -0.316 e. The number of hydrogen-bond donors (Lipinski definition) is 1. The van der Waals surface area contributed by atoms with E-state index in [9.17, 15) is 8.42 Å². The Balaban J connectivity index is 4.17. The topological polar surface area (TPSA) is 49.4 Å².